The van der Waals surface area contributed by atoms with E-state index in [2.05, 4.69) is 22.5 Å². The van der Waals surface area contributed by atoms with E-state index in [4.69, 9.17) is 27.9 Å². The number of ether oxygens (including phenoxy) is 1. The average Bonchev–Trinajstić information content (AvgIpc) is 3.21. The molecule has 2 aliphatic carbocycles. The lowest BCUT2D eigenvalue weighted by Crippen LogP contribution is -2.60. The molecule has 0 aromatic rings. The molecule has 0 spiro atoms. The molecule has 3 rings (SSSR count). The molecule has 1 unspecified atom stereocenters. The predicted octanol–water partition coefficient (Wildman–Crippen LogP) is 3.25. The Labute approximate surface area is 246 Å². The Morgan fingerprint density at radius 3 is 2.33 bits per heavy atom. The first-order valence-electron chi connectivity index (χ1n) is 14.1. The number of fused-ring (bicyclic) bond motifs is 1. The van der Waals surface area contributed by atoms with Crippen LogP contribution in [0, 0.1) is 17.8 Å². The monoisotopic (exact) mass is 600 g/mol. The summed E-state index contributed by atoms with van der Waals surface area (Å²) in [5.74, 6) is -3.61. The molecule has 1 aliphatic heterocycles. The fourth-order valence-corrected chi connectivity index (χ4v) is 6.65. The number of rotatable bonds is 11. The number of ketones is 1. The molecule has 10 nitrogen and oxygen atoms in total. The van der Waals surface area contributed by atoms with Crippen LogP contribution in [0.5, 0.6) is 0 Å². The average molecular weight is 602 g/mol. The van der Waals surface area contributed by atoms with Crippen LogP contribution in [0.1, 0.15) is 72.6 Å². The van der Waals surface area contributed by atoms with Gasteiger partial charge < -0.3 is 25.6 Å². The van der Waals surface area contributed by atoms with Crippen LogP contribution in [0.2, 0.25) is 0 Å². The van der Waals surface area contributed by atoms with E-state index in [1.807, 2.05) is 6.92 Å². The number of hydrogen-bond acceptors (Lipinski definition) is 6. The third-order valence-corrected chi connectivity index (χ3v) is 8.85. The molecule has 1 saturated heterocycles. The summed E-state index contributed by atoms with van der Waals surface area (Å²) in [4.78, 5) is 67.1. The molecule has 0 aromatic carbocycles. The zero-order chi connectivity index (χ0) is 29.8. The molecule has 3 aliphatic rings. The van der Waals surface area contributed by atoms with Crippen molar-refractivity contribution in [2.45, 2.75) is 101 Å². The van der Waals surface area contributed by atoms with Gasteiger partial charge in [-0.05, 0) is 46.0 Å². The van der Waals surface area contributed by atoms with Crippen LogP contribution in [0.3, 0.4) is 0 Å². The summed E-state index contributed by atoms with van der Waals surface area (Å²) in [6.45, 7) is 10.8. The van der Waals surface area contributed by atoms with Gasteiger partial charge in [0, 0.05) is 24.9 Å². The van der Waals surface area contributed by atoms with Gasteiger partial charge >= 0.3 is 6.09 Å². The summed E-state index contributed by atoms with van der Waals surface area (Å²) in [6.07, 6.45) is 5.94. The Kier molecular flexibility index (Phi) is 10.5. The number of hydrogen-bond donors (Lipinski definition) is 3. The van der Waals surface area contributed by atoms with E-state index < -0.39 is 63.6 Å². The summed E-state index contributed by atoms with van der Waals surface area (Å²) in [7, 11) is 0. The van der Waals surface area contributed by atoms with E-state index in [1.165, 1.54) is 11.0 Å². The largest absolute Gasteiger partial charge is 0.444 e. The number of nitrogens with zero attached hydrogens (tertiary/aromatic N) is 1. The van der Waals surface area contributed by atoms with Gasteiger partial charge in [-0.1, -0.05) is 38.7 Å². The molecule has 40 heavy (non-hydrogen) atoms. The molecule has 1 heterocycles. The highest BCUT2D eigenvalue weighted by Gasteiger charge is 2.74. The van der Waals surface area contributed by atoms with Crippen molar-refractivity contribution in [2.24, 2.45) is 17.8 Å². The Bertz CT molecular complexity index is 1010. The summed E-state index contributed by atoms with van der Waals surface area (Å²) < 4.78 is 4.25. The second kappa shape index (κ2) is 13.1. The van der Waals surface area contributed by atoms with Gasteiger partial charge in [-0.15, -0.1) is 29.8 Å². The number of nitrogens with one attached hydrogen (secondary N) is 3. The molecule has 4 amide bonds. The lowest BCUT2D eigenvalue weighted by molar-refractivity contribution is -0.144. The molecule has 0 bridgehead atoms. The minimum atomic E-state index is -1.19. The third kappa shape index (κ3) is 7.49. The Balaban J connectivity index is 1.83. The number of alkyl halides is 2. The highest BCUT2D eigenvalue weighted by atomic mass is 35.5. The first-order valence-corrected chi connectivity index (χ1v) is 14.9. The van der Waals surface area contributed by atoms with Crippen molar-refractivity contribution in [3.8, 4) is 0 Å². The van der Waals surface area contributed by atoms with Crippen molar-refractivity contribution >= 4 is 52.8 Å². The molecular weight excluding hydrogens is 559 g/mol. The molecule has 3 N–H and O–H groups in total. The molecule has 3 fully saturated rings. The molecule has 224 valence electrons. The van der Waals surface area contributed by atoms with E-state index in [-0.39, 0.29) is 31.3 Å². The highest BCUT2D eigenvalue weighted by molar-refractivity contribution is 6.51. The van der Waals surface area contributed by atoms with Crippen LogP contribution in [-0.4, -0.2) is 75.6 Å². The van der Waals surface area contributed by atoms with Crippen LogP contribution in [-0.2, 0) is 23.9 Å². The van der Waals surface area contributed by atoms with E-state index >= 15 is 0 Å². The van der Waals surface area contributed by atoms with Crippen molar-refractivity contribution in [1.29, 1.82) is 0 Å². The quantitative estimate of drug-likeness (QED) is 0.189. The fourth-order valence-electron chi connectivity index (χ4n) is 5.82. The minimum absolute atomic E-state index is 0.111. The Hall–Kier alpha value is -2.33. The zero-order valence-electron chi connectivity index (χ0n) is 23.8. The van der Waals surface area contributed by atoms with Gasteiger partial charge in [0.25, 0.3) is 5.91 Å². The van der Waals surface area contributed by atoms with E-state index in [0.29, 0.717) is 6.42 Å². The van der Waals surface area contributed by atoms with Gasteiger partial charge in [0.15, 0.2) is 0 Å². The van der Waals surface area contributed by atoms with Gasteiger partial charge in [0.2, 0.25) is 17.6 Å². The van der Waals surface area contributed by atoms with E-state index in [1.54, 1.807) is 20.8 Å². The zero-order valence-corrected chi connectivity index (χ0v) is 25.3. The summed E-state index contributed by atoms with van der Waals surface area (Å²) >= 11 is 13.0. The van der Waals surface area contributed by atoms with Crippen LogP contribution in [0.15, 0.2) is 12.7 Å². The van der Waals surface area contributed by atoms with Crippen molar-refractivity contribution in [2.75, 3.05) is 13.1 Å². The summed E-state index contributed by atoms with van der Waals surface area (Å²) in [5.41, 5.74) is -0.752. The van der Waals surface area contributed by atoms with Crippen LogP contribution in [0.25, 0.3) is 0 Å². The Morgan fingerprint density at radius 2 is 1.75 bits per heavy atom. The molecule has 2 saturated carbocycles. The number of Topliss-reactive ketones (excluding diaryl/α,β-unsaturated/α-hetero) is 1. The molecule has 0 radical (unpaired) electrons. The number of piperidine rings is 1. The van der Waals surface area contributed by atoms with Crippen molar-refractivity contribution in [3.63, 3.8) is 0 Å². The number of amides is 4. The van der Waals surface area contributed by atoms with Crippen molar-refractivity contribution in [3.05, 3.63) is 12.7 Å². The summed E-state index contributed by atoms with van der Waals surface area (Å²) in [6, 6.07) is -3.02. The fraction of sp³-hybridized carbons (Fsp3) is 0.750. The first-order chi connectivity index (χ1) is 18.7. The maximum absolute atomic E-state index is 14.1. The number of halogens is 2. The Morgan fingerprint density at radius 1 is 1.10 bits per heavy atom. The molecule has 5 atom stereocenters. The summed E-state index contributed by atoms with van der Waals surface area (Å²) in [5, 5.41) is 7.91. The minimum Gasteiger partial charge on any atom is -0.444 e. The highest BCUT2D eigenvalue weighted by Crippen LogP contribution is 2.65. The molecule has 0 aromatic heterocycles. The van der Waals surface area contributed by atoms with Crippen LogP contribution in [0.4, 0.5) is 4.79 Å². The normalized spacial score (nSPS) is 25.1. The molecule has 12 heteroatoms. The lowest BCUT2D eigenvalue weighted by Gasteiger charge is -2.36. The maximum atomic E-state index is 14.1. The van der Waals surface area contributed by atoms with Crippen molar-refractivity contribution in [1.82, 2.24) is 20.9 Å². The second-order valence-corrected chi connectivity index (χ2v) is 13.4. The number of alkyl carbamates (subject to hydrolysis) is 1. The number of carbonyl (C=O) groups excluding carboxylic acids is 5. The van der Waals surface area contributed by atoms with Gasteiger partial charge in [0.05, 0.1) is 6.04 Å². The number of carbonyl (C=O) groups is 5. The van der Waals surface area contributed by atoms with Crippen LogP contribution >= 0.6 is 23.2 Å². The standard InChI is InChI=1S/C28H42Cl2N4O6/c1-6-11-18(22(35)24(37)31-14-7-2)32-23(36)21-19-17(28(19,29)30)15-34(21)25(38)20(16-12-9-8-10-13-16)33-26(39)40-27(3,4)5/h7,16-21H,2,6,8-15H2,1,3-5H3,(H,31,37)(H,32,36)(H,33,39)/t17-,18?,19-,20-,21-/m0/s1. The predicted molar refractivity (Wildman–Crippen MR) is 152 cm³/mol. The van der Waals surface area contributed by atoms with Gasteiger partial charge in [-0.25, -0.2) is 4.79 Å². The van der Waals surface area contributed by atoms with E-state index in [0.717, 1.165) is 32.1 Å². The van der Waals surface area contributed by atoms with E-state index in [9.17, 15) is 24.0 Å². The van der Waals surface area contributed by atoms with Gasteiger partial charge in [-0.3, -0.25) is 19.2 Å². The lowest BCUT2D eigenvalue weighted by atomic mass is 9.83. The smallest absolute Gasteiger partial charge is 0.408 e. The topological polar surface area (TPSA) is 134 Å². The first kappa shape index (κ1) is 32.2. The number of likely N-dealkylation sites (tertiary alicyclic amines) is 1. The maximum Gasteiger partial charge on any atom is 0.408 e. The van der Waals surface area contributed by atoms with Crippen molar-refractivity contribution < 1.29 is 28.7 Å². The molecular formula is C28H42Cl2N4O6. The van der Waals surface area contributed by atoms with Gasteiger partial charge in [0.1, 0.15) is 22.0 Å². The van der Waals surface area contributed by atoms with Crippen LogP contribution < -0.4 is 16.0 Å². The third-order valence-electron chi connectivity index (χ3n) is 7.78. The second-order valence-electron chi connectivity index (χ2n) is 12.0. The van der Waals surface area contributed by atoms with Gasteiger partial charge in [-0.2, -0.15) is 0 Å². The SMILES string of the molecule is C=CCNC(=O)C(=O)C(CCC)NC(=O)[C@@H]1[C@@H]2[C@H](CN1C(=O)[C@@H](NC(=O)OC(C)(C)C)C1CCCCC1)C2(Cl)Cl.